The molecule has 0 spiro atoms. The Morgan fingerprint density at radius 3 is 2.81 bits per heavy atom. The summed E-state index contributed by atoms with van der Waals surface area (Å²) in [4.78, 5) is 15.6. The van der Waals surface area contributed by atoms with Crippen molar-refractivity contribution < 1.29 is 22.7 Å². The summed E-state index contributed by atoms with van der Waals surface area (Å²) in [7, 11) is 1.59. The molecule has 0 radical (unpaired) electrons. The third kappa shape index (κ3) is 3.93. The summed E-state index contributed by atoms with van der Waals surface area (Å²) in [6.07, 6.45) is -0.842. The fourth-order valence-electron chi connectivity index (χ4n) is 2.45. The van der Waals surface area contributed by atoms with E-state index in [1.165, 1.54) is 0 Å². The maximum atomic E-state index is 12.8. The number of nitrogens with one attached hydrogen (secondary N) is 1. The molecule has 0 bridgehead atoms. The quantitative estimate of drug-likeness (QED) is 0.907. The van der Waals surface area contributed by atoms with Gasteiger partial charge in [-0.1, -0.05) is 0 Å². The summed E-state index contributed by atoms with van der Waals surface area (Å²) in [5.41, 5.74) is -0.917. The van der Waals surface area contributed by atoms with Crippen molar-refractivity contribution in [1.82, 2.24) is 10.3 Å². The number of pyridine rings is 1. The molecule has 0 saturated heterocycles. The van der Waals surface area contributed by atoms with E-state index < -0.39 is 17.6 Å². The topological polar surface area (TPSA) is 51.2 Å². The van der Waals surface area contributed by atoms with Gasteiger partial charge < -0.3 is 10.1 Å². The average Bonchev–Trinajstić information content (AvgIpc) is 2.40. The molecule has 4 nitrogen and oxygen atoms in total. The Balaban J connectivity index is 1.97. The molecule has 1 saturated carbocycles. The Labute approximate surface area is 120 Å². The maximum absolute atomic E-state index is 12.8. The summed E-state index contributed by atoms with van der Waals surface area (Å²) < 4.78 is 43.5. The molecule has 7 heteroatoms. The van der Waals surface area contributed by atoms with Crippen LogP contribution in [0.15, 0.2) is 18.5 Å². The van der Waals surface area contributed by atoms with Crippen LogP contribution in [0.2, 0.25) is 0 Å². The molecule has 0 aromatic carbocycles. The maximum Gasteiger partial charge on any atom is 0.416 e. The van der Waals surface area contributed by atoms with Gasteiger partial charge in [-0.2, -0.15) is 13.2 Å². The first-order chi connectivity index (χ1) is 9.91. The highest BCUT2D eigenvalue weighted by atomic mass is 19.4. The summed E-state index contributed by atoms with van der Waals surface area (Å²) in [5.74, 6) is -0.172. The highest BCUT2D eigenvalue weighted by molar-refractivity contribution is 5.79. The van der Waals surface area contributed by atoms with Crippen molar-refractivity contribution in [2.24, 2.45) is 5.92 Å². The number of alkyl halides is 3. The minimum Gasteiger partial charge on any atom is -0.384 e. The summed E-state index contributed by atoms with van der Waals surface area (Å²) >= 11 is 0. The molecule has 1 N–H and O–H groups in total. The molecule has 21 heavy (non-hydrogen) atoms. The second-order valence-corrected chi connectivity index (χ2v) is 5.17. The van der Waals surface area contributed by atoms with Crippen LogP contribution < -0.4 is 5.32 Å². The second-order valence-electron chi connectivity index (χ2n) is 5.17. The van der Waals surface area contributed by atoms with Crippen molar-refractivity contribution in [3.63, 3.8) is 0 Å². The van der Waals surface area contributed by atoms with Gasteiger partial charge in [0.15, 0.2) is 0 Å². The number of carbonyl (C=O) groups excluding carboxylic acids is 1. The summed E-state index contributed by atoms with van der Waals surface area (Å²) in [6, 6.07) is 0.878. The Hall–Kier alpha value is -1.63. The van der Waals surface area contributed by atoms with Gasteiger partial charge in [0.05, 0.1) is 18.6 Å². The van der Waals surface area contributed by atoms with E-state index in [1.807, 2.05) is 0 Å². The van der Waals surface area contributed by atoms with Crippen LogP contribution in [0.3, 0.4) is 0 Å². The number of hydrogen-bond acceptors (Lipinski definition) is 3. The fraction of sp³-hybridized carbons (Fsp3) is 0.571. The van der Waals surface area contributed by atoms with Gasteiger partial charge in [0.2, 0.25) is 5.91 Å². The fourth-order valence-corrected chi connectivity index (χ4v) is 2.45. The van der Waals surface area contributed by atoms with Crippen LogP contribution in [0.1, 0.15) is 24.0 Å². The normalized spacial score (nSPS) is 21.7. The molecule has 2 atom stereocenters. The average molecular weight is 302 g/mol. The predicted octanol–water partition coefficient (Wildman–Crippen LogP) is 2.18. The molecule has 0 unspecified atom stereocenters. The van der Waals surface area contributed by atoms with Gasteiger partial charge in [-0.15, -0.1) is 0 Å². The van der Waals surface area contributed by atoms with Gasteiger partial charge in [0.25, 0.3) is 0 Å². The van der Waals surface area contributed by atoms with Crippen LogP contribution in [0, 0.1) is 5.92 Å². The van der Waals surface area contributed by atoms with Crippen LogP contribution in [0.25, 0.3) is 0 Å². The van der Waals surface area contributed by atoms with Crippen molar-refractivity contribution >= 4 is 5.91 Å². The minimum atomic E-state index is -4.48. The monoisotopic (exact) mass is 302 g/mol. The molecule has 1 amide bonds. The number of nitrogens with zero attached hydrogens (tertiary/aromatic N) is 1. The van der Waals surface area contributed by atoms with E-state index in [-0.39, 0.29) is 23.9 Å². The number of carbonyl (C=O) groups is 1. The number of methoxy groups -OCH3 is 1. The molecule has 1 fully saturated rings. The van der Waals surface area contributed by atoms with Crippen molar-refractivity contribution in [1.29, 1.82) is 0 Å². The molecule has 1 aliphatic rings. The zero-order chi connectivity index (χ0) is 15.5. The molecule has 0 aliphatic heterocycles. The number of hydrogen-bond donors (Lipinski definition) is 1. The number of amides is 1. The van der Waals surface area contributed by atoms with Crippen LogP contribution in [0.5, 0.6) is 0 Å². The van der Waals surface area contributed by atoms with Crippen molar-refractivity contribution in [2.75, 3.05) is 13.7 Å². The van der Waals surface area contributed by atoms with E-state index in [2.05, 4.69) is 10.3 Å². The van der Waals surface area contributed by atoms with E-state index in [1.54, 1.807) is 7.11 Å². The van der Waals surface area contributed by atoms with Gasteiger partial charge in [0.1, 0.15) is 0 Å². The van der Waals surface area contributed by atoms with Gasteiger partial charge in [-0.05, 0) is 24.5 Å². The minimum absolute atomic E-state index is 0.0107. The van der Waals surface area contributed by atoms with Crippen LogP contribution in [-0.4, -0.2) is 30.6 Å². The van der Waals surface area contributed by atoms with Crippen molar-refractivity contribution in [2.45, 2.75) is 31.5 Å². The third-order valence-corrected chi connectivity index (χ3v) is 3.70. The number of halogens is 3. The van der Waals surface area contributed by atoms with Gasteiger partial charge in [-0.3, -0.25) is 9.78 Å². The molecule has 116 valence electrons. The molecule has 2 rings (SSSR count). The number of aromatic nitrogens is 1. The van der Waals surface area contributed by atoms with E-state index in [4.69, 9.17) is 4.74 Å². The Bertz CT molecular complexity index is 505. The largest absolute Gasteiger partial charge is 0.416 e. The second kappa shape index (κ2) is 6.43. The first-order valence-electron chi connectivity index (χ1n) is 6.70. The van der Waals surface area contributed by atoms with E-state index in [9.17, 15) is 18.0 Å². The lowest BCUT2D eigenvalue weighted by Gasteiger charge is -2.36. The van der Waals surface area contributed by atoms with Gasteiger partial charge in [-0.25, -0.2) is 0 Å². The standard InChI is InChI=1S/C14H17F3N2O2/c1-21-8-9-2-3-12(9)19-13(20)6-10-7-18-5-4-11(10)14(15,16)17/h4-5,7,9,12H,2-3,6,8H2,1H3,(H,19,20)/t9-,12-/m1/s1. The smallest absolute Gasteiger partial charge is 0.384 e. The van der Waals surface area contributed by atoms with Crippen LogP contribution in [-0.2, 0) is 22.1 Å². The van der Waals surface area contributed by atoms with Crippen molar-refractivity contribution in [3.8, 4) is 0 Å². The number of rotatable bonds is 5. The molecular weight excluding hydrogens is 285 g/mol. The molecular formula is C14H17F3N2O2. The van der Waals surface area contributed by atoms with E-state index in [0.29, 0.717) is 6.61 Å². The van der Waals surface area contributed by atoms with E-state index in [0.717, 1.165) is 31.3 Å². The van der Waals surface area contributed by atoms with Gasteiger partial charge in [0, 0.05) is 31.5 Å². The van der Waals surface area contributed by atoms with Gasteiger partial charge >= 0.3 is 6.18 Å². The molecule has 1 aliphatic carbocycles. The Morgan fingerprint density at radius 1 is 1.48 bits per heavy atom. The van der Waals surface area contributed by atoms with Crippen LogP contribution >= 0.6 is 0 Å². The lowest BCUT2D eigenvalue weighted by Crippen LogP contribution is -2.48. The first-order valence-corrected chi connectivity index (χ1v) is 6.70. The highest BCUT2D eigenvalue weighted by Crippen LogP contribution is 2.32. The first kappa shape index (κ1) is 15.8. The lowest BCUT2D eigenvalue weighted by molar-refractivity contribution is -0.138. The zero-order valence-corrected chi connectivity index (χ0v) is 11.6. The van der Waals surface area contributed by atoms with Crippen LogP contribution in [0.4, 0.5) is 13.2 Å². The molecule has 1 aromatic heterocycles. The predicted molar refractivity (Wildman–Crippen MR) is 69.5 cm³/mol. The summed E-state index contributed by atoms with van der Waals surface area (Å²) in [5, 5.41) is 2.76. The SMILES string of the molecule is COC[C@H]1CC[C@H]1NC(=O)Cc1cnccc1C(F)(F)F. The van der Waals surface area contributed by atoms with E-state index >= 15 is 0 Å². The Kier molecular flexibility index (Phi) is 4.82. The lowest BCUT2D eigenvalue weighted by atomic mass is 9.80. The third-order valence-electron chi connectivity index (χ3n) is 3.70. The molecule has 1 heterocycles. The summed E-state index contributed by atoms with van der Waals surface area (Å²) in [6.45, 7) is 0.547. The zero-order valence-electron chi connectivity index (χ0n) is 11.6. The Morgan fingerprint density at radius 2 is 2.24 bits per heavy atom. The highest BCUT2D eigenvalue weighted by Gasteiger charge is 2.35. The molecule has 1 aromatic rings. The number of ether oxygens (including phenoxy) is 1. The van der Waals surface area contributed by atoms with Crippen molar-refractivity contribution in [3.05, 3.63) is 29.6 Å².